The van der Waals surface area contributed by atoms with Gasteiger partial charge in [-0.05, 0) is 31.7 Å². The fourth-order valence-corrected chi connectivity index (χ4v) is 2.46. The van der Waals surface area contributed by atoms with Gasteiger partial charge in [0.2, 0.25) is 0 Å². The van der Waals surface area contributed by atoms with Crippen molar-refractivity contribution in [2.75, 3.05) is 21.3 Å². The highest BCUT2D eigenvalue weighted by atomic mass is 16.5. The zero-order valence-corrected chi connectivity index (χ0v) is 13.8. The van der Waals surface area contributed by atoms with Crippen LogP contribution in [0.4, 0.5) is 0 Å². The Labute approximate surface area is 131 Å². The summed E-state index contributed by atoms with van der Waals surface area (Å²) in [5.74, 6) is 0.630. The molecule has 6 nitrogen and oxygen atoms in total. The molecule has 0 aliphatic rings. The van der Waals surface area contributed by atoms with E-state index in [4.69, 9.17) is 19.9 Å². The topological polar surface area (TPSA) is 91.0 Å². The summed E-state index contributed by atoms with van der Waals surface area (Å²) in [7, 11) is 4.67. The minimum Gasteiger partial charge on any atom is -0.497 e. The van der Waals surface area contributed by atoms with Crippen molar-refractivity contribution >= 4 is 5.97 Å². The highest BCUT2D eigenvalue weighted by Crippen LogP contribution is 2.42. The Balaban J connectivity index is 3.33. The Morgan fingerprint density at radius 2 is 1.91 bits per heavy atom. The van der Waals surface area contributed by atoms with E-state index >= 15 is 0 Å². The van der Waals surface area contributed by atoms with Crippen molar-refractivity contribution in [1.82, 2.24) is 0 Å². The first-order valence-electron chi connectivity index (χ1n) is 7.12. The van der Waals surface area contributed by atoms with Crippen LogP contribution < -0.4 is 19.9 Å². The van der Waals surface area contributed by atoms with Crippen LogP contribution in [0.1, 0.15) is 38.2 Å². The van der Waals surface area contributed by atoms with Gasteiger partial charge in [-0.2, -0.15) is 0 Å². The van der Waals surface area contributed by atoms with Crippen LogP contribution in [0, 0.1) is 0 Å². The fourth-order valence-electron chi connectivity index (χ4n) is 2.46. The van der Waals surface area contributed by atoms with E-state index in [2.05, 4.69) is 0 Å². The number of carbonyl (C=O) groups is 1. The van der Waals surface area contributed by atoms with Crippen LogP contribution in [0.25, 0.3) is 0 Å². The molecular formula is C16H25NO5. The molecule has 0 aliphatic heterocycles. The van der Waals surface area contributed by atoms with E-state index in [1.54, 1.807) is 27.4 Å². The van der Waals surface area contributed by atoms with E-state index in [0.29, 0.717) is 23.7 Å². The quantitative estimate of drug-likeness (QED) is 0.766. The summed E-state index contributed by atoms with van der Waals surface area (Å²) in [4.78, 5) is 11.3. The predicted octanol–water partition coefficient (Wildman–Crippen LogP) is 2.40. The molecule has 0 saturated heterocycles. The van der Waals surface area contributed by atoms with Gasteiger partial charge in [-0.1, -0.05) is 6.92 Å². The first-order valence-corrected chi connectivity index (χ1v) is 7.12. The highest BCUT2D eigenvalue weighted by molar-refractivity contribution is 5.78. The number of benzene rings is 1. The smallest absolute Gasteiger partial charge is 0.323 e. The van der Waals surface area contributed by atoms with Gasteiger partial charge in [0.1, 0.15) is 11.3 Å². The third kappa shape index (κ3) is 3.82. The number of hydrogen-bond donors (Lipinski definition) is 2. The second-order valence-electron chi connectivity index (χ2n) is 5.48. The normalized spacial score (nSPS) is 14.8. The zero-order chi connectivity index (χ0) is 16.9. The van der Waals surface area contributed by atoms with Crippen LogP contribution in [0.3, 0.4) is 0 Å². The fraction of sp³-hybridized carbons (Fsp3) is 0.562. The molecule has 6 heteroatoms. The van der Waals surface area contributed by atoms with Crippen LogP contribution in [0.15, 0.2) is 12.1 Å². The van der Waals surface area contributed by atoms with Crippen molar-refractivity contribution < 1.29 is 24.1 Å². The molecule has 0 bridgehead atoms. The Bertz CT molecular complexity index is 528. The van der Waals surface area contributed by atoms with Crippen LogP contribution in [-0.2, 0) is 4.79 Å². The standard InChI is InChI=1S/C16H25NO5/c1-6-10(9-16(2,17)15(18)19)12-7-11(20-3)8-13(21-4)14(12)22-5/h7-8,10H,6,9,17H2,1-5H3,(H,18,19). The lowest BCUT2D eigenvalue weighted by Gasteiger charge is -2.27. The molecule has 0 aliphatic carbocycles. The number of nitrogens with two attached hydrogens (primary N) is 1. The predicted molar refractivity (Wildman–Crippen MR) is 84.0 cm³/mol. The summed E-state index contributed by atoms with van der Waals surface area (Å²) in [5, 5.41) is 9.25. The molecular weight excluding hydrogens is 286 g/mol. The van der Waals surface area contributed by atoms with E-state index in [9.17, 15) is 9.90 Å². The van der Waals surface area contributed by atoms with Gasteiger partial charge in [-0.15, -0.1) is 0 Å². The van der Waals surface area contributed by atoms with Gasteiger partial charge < -0.3 is 25.1 Å². The number of carboxylic acids is 1. The summed E-state index contributed by atoms with van der Waals surface area (Å²) in [6.07, 6.45) is 0.998. The summed E-state index contributed by atoms with van der Waals surface area (Å²) in [5.41, 5.74) is 5.42. The first-order chi connectivity index (χ1) is 10.3. The largest absolute Gasteiger partial charge is 0.497 e. The first kappa shape index (κ1) is 18.1. The Morgan fingerprint density at radius 3 is 2.32 bits per heavy atom. The maximum absolute atomic E-state index is 11.3. The lowest BCUT2D eigenvalue weighted by Crippen LogP contribution is -2.46. The van der Waals surface area contributed by atoms with Crippen LogP contribution in [-0.4, -0.2) is 37.9 Å². The number of carboxylic acid groups (broad SMARTS) is 1. The number of hydrogen-bond acceptors (Lipinski definition) is 5. The molecule has 2 atom stereocenters. The Hall–Kier alpha value is -1.95. The molecule has 0 aromatic heterocycles. The third-order valence-electron chi connectivity index (χ3n) is 3.81. The van der Waals surface area contributed by atoms with E-state index in [1.165, 1.54) is 6.92 Å². The molecule has 1 aromatic carbocycles. The summed E-state index contributed by atoms with van der Waals surface area (Å²) in [6.45, 7) is 3.50. The van der Waals surface area contributed by atoms with E-state index < -0.39 is 11.5 Å². The van der Waals surface area contributed by atoms with Gasteiger partial charge in [0, 0.05) is 11.6 Å². The lowest BCUT2D eigenvalue weighted by molar-refractivity contribution is -0.143. The van der Waals surface area contributed by atoms with Crippen molar-refractivity contribution in [2.45, 2.75) is 38.1 Å². The molecule has 1 aromatic rings. The number of ether oxygens (including phenoxy) is 3. The minimum atomic E-state index is -1.32. The average molecular weight is 311 g/mol. The van der Waals surface area contributed by atoms with Gasteiger partial charge in [-0.3, -0.25) is 4.79 Å². The second-order valence-corrected chi connectivity index (χ2v) is 5.48. The van der Waals surface area contributed by atoms with Gasteiger partial charge in [-0.25, -0.2) is 0 Å². The lowest BCUT2D eigenvalue weighted by atomic mass is 9.83. The summed E-state index contributed by atoms with van der Waals surface area (Å²) >= 11 is 0. The Kier molecular flexibility index (Phi) is 6.05. The highest BCUT2D eigenvalue weighted by Gasteiger charge is 2.33. The molecule has 0 amide bonds. The van der Waals surface area contributed by atoms with Crippen LogP contribution >= 0.6 is 0 Å². The minimum absolute atomic E-state index is 0.0925. The van der Waals surface area contributed by atoms with Crippen molar-refractivity contribution in [3.05, 3.63) is 17.7 Å². The molecule has 124 valence electrons. The number of rotatable bonds is 8. The SMILES string of the molecule is CCC(CC(C)(N)C(=O)O)c1cc(OC)cc(OC)c1OC. The van der Waals surface area contributed by atoms with E-state index in [0.717, 1.165) is 5.56 Å². The van der Waals surface area contributed by atoms with Crippen molar-refractivity contribution in [3.8, 4) is 17.2 Å². The molecule has 2 unspecified atom stereocenters. The van der Waals surface area contributed by atoms with Gasteiger partial charge >= 0.3 is 5.97 Å². The zero-order valence-electron chi connectivity index (χ0n) is 13.8. The van der Waals surface area contributed by atoms with E-state index in [-0.39, 0.29) is 12.3 Å². The van der Waals surface area contributed by atoms with Crippen molar-refractivity contribution in [3.63, 3.8) is 0 Å². The van der Waals surface area contributed by atoms with Gasteiger partial charge in [0.05, 0.1) is 21.3 Å². The van der Waals surface area contributed by atoms with E-state index in [1.807, 2.05) is 13.0 Å². The van der Waals surface area contributed by atoms with Gasteiger partial charge in [0.15, 0.2) is 11.5 Å². The molecule has 0 radical (unpaired) electrons. The maximum atomic E-state index is 11.3. The average Bonchev–Trinajstić information content (AvgIpc) is 2.50. The Morgan fingerprint density at radius 1 is 1.27 bits per heavy atom. The molecule has 1 rings (SSSR count). The maximum Gasteiger partial charge on any atom is 0.323 e. The molecule has 0 saturated carbocycles. The molecule has 22 heavy (non-hydrogen) atoms. The second kappa shape index (κ2) is 7.35. The van der Waals surface area contributed by atoms with Crippen LogP contribution in [0.2, 0.25) is 0 Å². The third-order valence-corrected chi connectivity index (χ3v) is 3.81. The number of methoxy groups -OCH3 is 3. The molecule has 0 fully saturated rings. The van der Waals surface area contributed by atoms with Gasteiger partial charge in [0.25, 0.3) is 0 Å². The van der Waals surface area contributed by atoms with Crippen molar-refractivity contribution in [1.29, 1.82) is 0 Å². The monoisotopic (exact) mass is 311 g/mol. The summed E-state index contributed by atoms with van der Waals surface area (Å²) < 4.78 is 16.1. The molecule has 0 spiro atoms. The molecule has 3 N–H and O–H groups in total. The van der Waals surface area contributed by atoms with Crippen molar-refractivity contribution in [2.24, 2.45) is 5.73 Å². The summed E-state index contributed by atoms with van der Waals surface area (Å²) in [6, 6.07) is 3.57. The number of aliphatic carboxylic acids is 1. The molecule has 0 heterocycles. The van der Waals surface area contributed by atoms with Crippen LogP contribution in [0.5, 0.6) is 17.2 Å².